The monoisotopic (exact) mass is 339 g/mol. The minimum Gasteiger partial charge on any atom is -0.508 e. The van der Waals surface area contributed by atoms with Crippen molar-refractivity contribution in [1.29, 1.82) is 0 Å². The number of rotatable bonds is 2. The highest BCUT2D eigenvalue weighted by Crippen LogP contribution is 2.55. The Balaban J connectivity index is 1.68. The summed E-state index contributed by atoms with van der Waals surface area (Å²) in [5, 5.41) is 19.5. The maximum absolute atomic E-state index is 13.0. The third-order valence-electron chi connectivity index (χ3n) is 5.45. The number of benzene rings is 2. The molecule has 2 aromatic carbocycles. The van der Waals surface area contributed by atoms with Crippen LogP contribution in [0.3, 0.4) is 0 Å². The van der Waals surface area contributed by atoms with Crippen LogP contribution in [0.2, 0.25) is 0 Å². The fraction of sp³-hybridized carbons (Fsp3) is 0.350. The van der Waals surface area contributed by atoms with Crippen molar-refractivity contribution in [3.63, 3.8) is 0 Å². The van der Waals surface area contributed by atoms with Gasteiger partial charge in [0.15, 0.2) is 0 Å². The quantitative estimate of drug-likeness (QED) is 0.882. The highest BCUT2D eigenvalue weighted by molar-refractivity contribution is 5.98. The minimum absolute atomic E-state index is 0.0155. The van der Waals surface area contributed by atoms with Crippen molar-refractivity contribution < 1.29 is 19.7 Å². The predicted octanol–water partition coefficient (Wildman–Crippen LogP) is 3.09. The number of amides is 1. The van der Waals surface area contributed by atoms with E-state index in [0.29, 0.717) is 6.54 Å². The summed E-state index contributed by atoms with van der Waals surface area (Å²) in [6.07, 6.45) is 1.86. The zero-order chi connectivity index (χ0) is 17.4. The van der Waals surface area contributed by atoms with Crippen LogP contribution in [0, 0.1) is 5.41 Å². The number of hydrogen-bond acceptors (Lipinski definition) is 4. The highest BCUT2D eigenvalue weighted by atomic mass is 16.5. The fourth-order valence-electron chi connectivity index (χ4n) is 4.16. The van der Waals surface area contributed by atoms with E-state index in [1.54, 1.807) is 0 Å². The second-order valence-corrected chi connectivity index (χ2v) is 6.92. The SMILES string of the molecule is O=C(c1ccc(O)cc1O)N1CC2(CCOCC2)C1c1ccccc1. The number of nitrogens with zero attached hydrogens (tertiary/aromatic N) is 1. The summed E-state index contributed by atoms with van der Waals surface area (Å²) in [4.78, 5) is 14.8. The summed E-state index contributed by atoms with van der Waals surface area (Å²) >= 11 is 0. The van der Waals surface area contributed by atoms with Crippen LogP contribution in [0.4, 0.5) is 0 Å². The van der Waals surface area contributed by atoms with Crippen LogP contribution in [0.15, 0.2) is 48.5 Å². The molecule has 25 heavy (non-hydrogen) atoms. The molecule has 5 heteroatoms. The van der Waals surface area contributed by atoms with E-state index in [4.69, 9.17) is 4.74 Å². The van der Waals surface area contributed by atoms with Crippen molar-refractivity contribution >= 4 is 5.91 Å². The van der Waals surface area contributed by atoms with Gasteiger partial charge in [-0.1, -0.05) is 30.3 Å². The van der Waals surface area contributed by atoms with Gasteiger partial charge >= 0.3 is 0 Å². The predicted molar refractivity (Wildman–Crippen MR) is 92.5 cm³/mol. The summed E-state index contributed by atoms with van der Waals surface area (Å²) in [6, 6.07) is 14.1. The van der Waals surface area contributed by atoms with E-state index in [-0.39, 0.29) is 34.4 Å². The molecule has 4 rings (SSSR count). The van der Waals surface area contributed by atoms with E-state index < -0.39 is 0 Å². The summed E-state index contributed by atoms with van der Waals surface area (Å²) in [7, 11) is 0. The Hall–Kier alpha value is -2.53. The average Bonchev–Trinajstić information content (AvgIpc) is 2.61. The first-order chi connectivity index (χ1) is 12.1. The van der Waals surface area contributed by atoms with Crippen LogP contribution in [-0.2, 0) is 4.74 Å². The van der Waals surface area contributed by atoms with E-state index in [1.807, 2.05) is 23.1 Å². The van der Waals surface area contributed by atoms with Gasteiger partial charge in [0.2, 0.25) is 0 Å². The first kappa shape index (κ1) is 16.0. The lowest BCUT2D eigenvalue weighted by atomic mass is 9.64. The Morgan fingerprint density at radius 3 is 2.48 bits per heavy atom. The molecule has 2 heterocycles. The van der Waals surface area contributed by atoms with Gasteiger partial charge in [-0.3, -0.25) is 4.79 Å². The summed E-state index contributed by atoms with van der Waals surface area (Å²) in [5.41, 5.74) is 1.38. The normalized spacial score (nSPS) is 21.8. The molecule has 2 aliphatic rings. The number of carbonyl (C=O) groups excluding carboxylic acids is 1. The molecule has 1 atom stereocenters. The molecule has 0 aliphatic carbocycles. The molecule has 2 saturated heterocycles. The Kier molecular flexibility index (Phi) is 3.88. The molecule has 130 valence electrons. The second-order valence-electron chi connectivity index (χ2n) is 6.92. The number of phenolic OH excluding ortho intramolecular Hbond substituents is 2. The maximum atomic E-state index is 13.0. The van der Waals surface area contributed by atoms with Crippen LogP contribution in [0.25, 0.3) is 0 Å². The lowest BCUT2D eigenvalue weighted by Crippen LogP contribution is -2.62. The number of ether oxygens (including phenoxy) is 1. The number of hydrogen-bond donors (Lipinski definition) is 2. The van der Waals surface area contributed by atoms with Crippen LogP contribution < -0.4 is 0 Å². The molecule has 2 fully saturated rings. The van der Waals surface area contributed by atoms with Crippen LogP contribution >= 0.6 is 0 Å². The lowest BCUT2D eigenvalue weighted by molar-refractivity contribution is -0.115. The zero-order valence-electron chi connectivity index (χ0n) is 13.9. The summed E-state index contributed by atoms with van der Waals surface area (Å²) in [6.45, 7) is 2.10. The van der Waals surface area contributed by atoms with Crippen molar-refractivity contribution in [2.75, 3.05) is 19.8 Å². The third kappa shape index (κ3) is 2.65. The lowest BCUT2D eigenvalue weighted by Gasteiger charge is -2.59. The van der Waals surface area contributed by atoms with E-state index in [0.717, 1.165) is 31.6 Å². The Labute approximate surface area is 146 Å². The fourth-order valence-corrected chi connectivity index (χ4v) is 4.16. The van der Waals surface area contributed by atoms with Crippen molar-refractivity contribution in [1.82, 2.24) is 4.90 Å². The van der Waals surface area contributed by atoms with Gasteiger partial charge in [-0.05, 0) is 30.5 Å². The smallest absolute Gasteiger partial charge is 0.258 e. The molecule has 2 N–H and O–H groups in total. The standard InChI is InChI=1S/C20H21NO4/c22-15-6-7-16(17(23)12-15)19(24)21-13-20(8-10-25-11-9-20)18(21)14-4-2-1-3-5-14/h1-7,12,18,22-23H,8-11,13H2. The second kappa shape index (κ2) is 6.08. The Morgan fingerprint density at radius 1 is 1.08 bits per heavy atom. The van der Waals surface area contributed by atoms with Crippen molar-refractivity contribution in [2.24, 2.45) is 5.41 Å². The number of aromatic hydroxyl groups is 2. The van der Waals surface area contributed by atoms with Crippen LogP contribution in [-0.4, -0.2) is 40.8 Å². The van der Waals surface area contributed by atoms with Crippen LogP contribution in [0.1, 0.15) is 34.8 Å². The van der Waals surface area contributed by atoms with Gasteiger partial charge in [-0.2, -0.15) is 0 Å². The molecular formula is C20H21NO4. The molecule has 2 aliphatic heterocycles. The van der Waals surface area contributed by atoms with Gasteiger partial charge in [-0.15, -0.1) is 0 Å². The van der Waals surface area contributed by atoms with E-state index >= 15 is 0 Å². The number of phenols is 2. The Bertz CT molecular complexity index is 784. The number of carbonyl (C=O) groups is 1. The molecule has 0 aromatic heterocycles. The first-order valence-corrected chi connectivity index (χ1v) is 8.56. The van der Waals surface area contributed by atoms with E-state index in [9.17, 15) is 15.0 Å². The van der Waals surface area contributed by atoms with Crippen molar-refractivity contribution in [3.8, 4) is 11.5 Å². The number of likely N-dealkylation sites (tertiary alicyclic amines) is 1. The molecule has 5 nitrogen and oxygen atoms in total. The summed E-state index contributed by atoms with van der Waals surface area (Å²) in [5.74, 6) is -0.452. The van der Waals surface area contributed by atoms with Gasteiger partial charge in [-0.25, -0.2) is 0 Å². The summed E-state index contributed by atoms with van der Waals surface area (Å²) < 4.78 is 5.53. The molecule has 0 saturated carbocycles. The topological polar surface area (TPSA) is 70.0 Å². The molecular weight excluding hydrogens is 318 g/mol. The van der Waals surface area contributed by atoms with Crippen molar-refractivity contribution in [3.05, 3.63) is 59.7 Å². The highest BCUT2D eigenvalue weighted by Gasteiger charge is 2.55. The first-order valence-electron chi connectivity index (χ1n) is 8.56. The molecule has 1 spiro atoms. The molecule has 2 aromatic rings. The van der Waals surface area contributed by atoms with Gasteiger partial charge in [0.05, 0.1) is 11.6 Å². The molecule has 0 bridgehead atoms. The zero-order valence-corrected chi connectivity index (χ0v) is 13.9. The van der Waals surface area contributed by atoms with E-state index in [2.05, 4.69) is 12.1 Å². The molecule has 1 amide bonds. The van der Waals surface area contributed by atoms with Crippen LogP contribution in [0.5, 0.6) is 11.5 Å². The molecule has 0 radical (unpaired) electrons. The third-order valence-corrected chi connectivity index (χ3v) is 5.45. The van der Waals surface area contributed by atoms with Gasteiger partial charge in [0.25, 0.3) is 5.91 Å². The largest absolute Gasteiger partial charge is 0.508 e. The average molecular weight is 339 g/mol. The Morgan fingerprint density at radius 2 is 1.80 bits per heavy atom. The van der Waals surface area contributed by atoms with Gasteiger partial charge in [0.1, 0.15) is 11.5 Å². The maximum Gasteiger partial charge on any atom is 0.258 e. The van der Waals surface area contributed by atoms with Crippen molar-refractivity contribution in [2.45, 2.75) is 18.9 Å². The molecule has 1 unspecified atom stereocenters. The van der Waals surface area contributed by atoms with Gasteiger partial charge < -0.3 is 19.8 Å². The van der Waals surface area contributed by atoms with Gasteiger partial charge in [0, 0.05) is 31.2 Å². The van der Waals surface area contributed by atoms with E-state index in [1.165, 1.54) is 18.2 Å². The minimum atomic E-state index is -0.205.